The number of carbonyl (C=O) groups excluding carboxylic acids is 1. The molecule has 4 nitrogen and oxygen atoms in total. The first-order valence-electron chi connectivity index (χ1n) is 9.85. The molecule has 3 aromatic rings. The number of hydrogen-bond donors (Lipinski definition) is 1. The van der Waals surface area contributed by atoms with Gasteiger partial charge in [-0.1, -0.05) is 18.2 Å². The zero-order valence-electron chi connectivity index (χ0n) is 16.2. The number of nitrogens with zero attached hydrogens (tertiary/aromatic N) is 1. The van der Waals surface area contributed by atoms with Gasteiger partial charge in [0.15, 0.2) is 0 Å². The Hall–Kier alpha value is -2.40. The van der Waals surface area contributed by atoms with Crippen molar-refractivity contribution in [3.8, 4) is 5.75 Å². The monoisotopic (exact) mass is 394 g/mol. The molecule has 1 fully saturated rings. The van der Waals surface area contributed by atoms with E-state index in [1.54, 1.807) is 18.9 Å². The fourth-order valence-corrected chi connectivity index (χ4v) is 4.80. The van der Waals surface area contributed by atoms with Crippen molar-refractivity contribution < 1.29 is 9.53 Å². The molecule has 5 heteroatoms. The summed E-state index contributed by atoms with van der Waals surface area (Å²) in [5.41, 5.74) is 2.60. The molecule has 0 aliphatic carbocycles. The van der Waals surface area contributed by atoms with Crippen LogP contribution in [0.3, 0.4) is 0 Å². The Morgan fingerprint density at radius 3 is 2.64 bits per heavy atom. The molecule has 0 unspecified atom stereocenters. The first kappa shape index (κ1) is 18.9. The lowest BCUT2D eigenvalue weighted by molar-refractivity contribution is -0.131. The van der Waals surface area contributed by atoms with Crippen molar-refractivity contribution >= 4 is 28.6 Å². The number of thioether (sulfide) groups is 1. The second-order valence-corrected chi connectivity index (χ2v) is 8.39. The number of rotatable bonds is 6. The lowest BCUT2D eigenvalue weighted by Crippen LogP contribution is -2.38. The quantitative estimate of drug-likeness (QED) is 0.594. The number of carbonyl (C=O) groups is 1. The fraction of sp³-hybridized carbons (Fsp3) is 0.348. The number of para-hydroxylation sites is 1. The van der Waals surface area contributed by atoms with Crippen LogP contribution in [0.4, 0.5) is 0 Å². The lowest BCUT2D eigenvalue weighted by atomic mass is 9.89. The number of piperidine rings is 1. The van der Waals surface area contributed by atoms with Gasteiger partial charge in [0, 0.05) is 47.3 Å². The van der Waals surface area contributed by atoms with E-state index in [2.05, 4.69) is 35.4 Å². The molecule has 1 aliphatic rings. The molecular weight excluding hydrogens is 368 g/mol. The normalized spacial score (nSPS) is 15.1. The standard InChI is InChI=1S/C23H26N2O2S/c1-27-18-6-8-19(9-7-18)28-15-12-23(26)25-13-10-17(11-14-25)21-16-24-22-5-3-2-4-20(21)22/h2-9,16-17,24H,10-15H2,1H3. The van der Waals surface area contributed by atoms with E-state index in [1.165, 1.54) is 21.4 Å². The third-order valence-electron chi connectivity index (χ3n) is 5.55. The second-order valence-electron chi connectivity index (χ2n) is 7.22. The third-order valence-corrected chi connectivity index (χ3v) is 6.57. The predicted octanol–water partition coefficient (Wildman–Crippen LogP) is 5.06. The van der Waals surface area contributed by atoms with Crippen LogP contribution in [-0.4, -0.2) is 41.7 Å². The SMILES string of the molecule is COc1ccc(SCCC(=O)N2CCC(c3c[nH]c4ccccc34)CC2)cc1. The molecule has 4 rings (SSSR count). The van der Waals surface area contributed by atoms with Crippen molar-refractivity contribution in [3.05, 3.63) is 60.3 Å². The Morgan fingerprint density at radius 1 is 1.14 bits per heavy atom. The van der Waals surface area contributed by atoms with Gasteiger partial charge >= 0.3 is 0 Å². The number of amides is 1. The van der Waals surface area contributed by atoms with E-state index in [-0.39, 0.29) is 5.91 Å². The van der Waals surface area contributed by atoms with Crippen molar-refractivity contribution in [3.63, 3.8) is 0 Å². The van der Waals surface area contributed by atoms with Gasteiger partial charge in [0.25, 0.3) is 0 Å². The number of nitrogens with one attached hydrogen (secondary N) is 1. The summed E-state index contributed by atoms with van der Waals surface area (Å²) < 4.78 is 5.18. The molecule has 146 valence electrons. The molecule has 2 heterocycles. The van der Waals surface area contributed by atoms with E-state index in [1.807, 2.05) is 29.2 Å². The number of benzene rings is 2. The van der Waals surface area contributed by atoms with E-state index in [0.29, 0.717) is 12.3 Å². The third kappa shape index (κ3) is 4.20. The number of fused-ring (bicyclic) bond motifs is 1. The summed E-state index contributed by atoms with van der Waals surface area (Å²) in [6.45, 7) is 1.71. The summed E-state index contributed by atoms with van der Waals surface area (Å²) >= 11 is 1.72. The molecule has 0 atom stereocenters. The topological polar surface area (TPSA) is 45.3 Å². The number of aromatic amines is 1. The minimum atomic E-state index is 0.276. The van der Waals surface area contributed by atoms with Crippen LogP contribution < -0.4 is 4.74 Å². The first-order chi connectivity index (χ1) is 13.7. The summed E-state index contributed by atoms with van der Waals surface area (Å²) in [5.74, 6) is 2.49. The Kier molecular flexibility index (Phi) is 5.91. The Balaban J connectivity index is 1.25. The summed E-state index contributed by atoms with van der Waals surface area (Å²) in [4.78, 5) is 19.2. The highest BCUT2D eigenvalue weighted by Crippen LogP contribution is 2.33. The molecule has 1 saturated heterocycles. The highest BCUT2D eigenvalue weighted by Gasteiger charge is 2.25. The largest absolute Gasteiger partial charge is 0.497 e. The predicted molar refractivity (Wildman–Crippen MR) is 115 cm³/mol. The highest BCUT2D eigenvalue weighted by molar-refractivity contribution is 7.99. The molecule has 2 aromatic carbocycles. The highest BCUT2D eigenvalue weighted by atomic mass is 32.2. The van der Waals surface area contributed by atoms with Crippen molar-refractivity contribution in [2.24, 2.45) is 0 Å². The maximum absolute atomic E-state index is 12.6. The van der Waals surface area contributed by atoms with E-state index in [9.17, 15) is 4.79 Å². The number of H-pyrrole nitrogens is 1. The molecule has 0 radical (unpaired) electrons. The Bertz CT molecular complexity index is 927. The van der Waals surface area contributed by atoms with Gasteiger partial charge in [0.1, 0.15) is 5.75 Å². The number of hydrogen-bond acceptors (Lipinski definition) is 3. The van der Waals surface area contributed by atoms with Gasteiger partial charge in [-0.15, -0.1) is 11.8 Å². The van der Waals surface area contributed by atoms with Crippen LogP contribution >= 0.6 is 11.8 Å². The van der Waals surface area contributed by atoms with Crippen LogP contribution in [-0.2, 0) is 4.79 Å². The van der Waals surface area contributed by atoms with Crippen LogP contribution in [0.1, 0.15) is 30.7 Å². The van der Waals surface area contributed by atoms with Crippen LogP contribution in [0.15, 0.2) is 59.6 Å². The maximum Gasteiger partial charge on any atom is 0.223 e. The second kappa shape index (κ2) is 8.74. The van der Waals surface area contributed by atoms with Crippen molar-refractivity contribution in [1.29, 1.82) is 0 Å². The van der Waals surface area contributed by atoms with Gasteiger partial charge in [-0.3, -0.25) is 4.79 Å². The molecule has 0 bridgehead atoms. The van der Waals surface area contributed by atoms with E-state index < -0.39 is 0 Å². The van der Waals surface area contributed by atoms with Gasteiger partial charge in [-0.05, 0) is 54.7 Å². The van der Waals surface area contributed by atoms with Gasteiger partial charge in [0.2, 0.25) is 5.91 Å². The van der Waals surface area contributed by atoms with Crippen LogP contribution in [0.2, 0.25) is 0 Å². The lowest BCUT2D eigenvalue weighted by Gasteiger charge is -2.32. The molecular formula is C23H26N2O2S. The fourth-order valence-electron chi connectivity index (χ4n) is 3.96. The molecule has 0 spiro atoms. The summed E-state index contributed by atoms with van der Waals surface area (Å²) in [6.07, 6.45) is 4.82. The number of aromatic nitrogens is 1. The molecule has 1 aromatic heterocycles. The summed E-state index contributed by atoms with van der Waals surface area (Å²) in [5, 5.41) is 1.32. The molecule has 0 saturated carbocycles. The van der Waals surface area contributed by atoms with Crippen molar-refractivity contribution in [2.45, 2.75) is 30.1 Å². The van der Waals surface area contributed by atoms with Gasteiger partial charge < -0.3 is 14.6 Å². The molecule has 28 heavy (non-hydrogen) atoms. The molecule has 1 amide bonds. The summed E-state index contributed by atoms with van der Waals surface area (Å²) in [7, 11) is 1.67. The maximum atomic E-state index is 12.6. The Labute approximate surface area is 170 Å². The van der Waals surface area contributed by atoms with Gasteiger partial charge in [-0.25, -0.2) is 0 Å². The van der Waals surface area contributed by atoms with Crippen LogP contribution in [0, 0.1) is 0 Å². The van der Waals surface area contributed by atoms with Crippen LogP contribution in [0.5, 0.6) is 5.75 Å². The molecule has 1 aliphatic heterocycles. The van der Waals surface area contributed by atoms with E-state index >= 15 is 0 Å². The average molecular weight is 395 g/mol. The average Bonchev–Trinajstić information content (AvgIpc) is 3.18. The minimum Gasteiger partial charge on any atom is -0.497 e. The minimum absolute atomic E-state index is 0.276. The van der Waals surface area contributed by atoms with Crippen molar-refractivity contribution in [1.82, 2.24) is 9.88 Å². The van der Waals surface area contributed by atoms with Crippen molar-refractivity contribution in [2.75, 3.05) is 26.0 Å². The number of likely N-dealkylation sites (tertiary alicyclic amines) is 1. The number of methoxy groups -OCH3 is 1. The van der Waals surface area contributed by atoms with Crippen LogP contribution in [0.25, 0.3) is 10.9 Å². The first-order valence-corrected chi connectivity index (χ1v) is 10.8. The number of ether oxygens (including phenoxy) is 1. The summed E-state index contributed by atoms with van der Waals surface area (Å²) in [6, 6.07) is 16.5. The van der Waals surface area contributed by atoms with E-state index in [4.69, 9.17) is 4.74 Å². The Morgan fingerprint density at radius 2 is 1.89 bits per heavy atom. The smallest absolute Gasteiger partial charge is 0.223 e. The zero-order valence-corrected chi connectivity index (χ0v) is 17.0. The van der Waals surface area contributed by atoms with E-state index in [0.717, 1.165) is 37.4 Å². The van der Waals surface area contributed by atoms with Gasteiger partial charge in [0.05, 0.1) is 7.11 Å². The van der Waals surface area contributed by atoms with Gasteiger partial charge in [-0.2, -0.15) is 0 Å². The molecule has 1 N–H and O–H groups in total. The zero-order chi connectivity index (χ0) is 19.3.